The zero-order chi connectivity index (χ0) is 15.4. The molecule has 3 nitrogen and oxygen atoms in total. The van der Waals surface area contributed by atoms with Crippen LogP contribution in [0.25, 0.3) is 0 Å². The number of nitrogens with two attached hydrogens (primary N) is 1. The van der Waals surface area contributed by atoms with E-state index in [1.807, 2.05) is 11.0 Å². The van der Waals surface area contributed by atoms with Crippen molar-refractivity contribution in [2.24, 2.45) is 17.6 Å². The van der Waals surface area contributed by atoms with Crippen molar-refractivity contribution < 1.29 is 4.79 Å². The summed E-state index contributed by atoms with van der Waals surface area (Å²) in [5.41, 5.74) is 7.42. The molecule has 1 aliphatic rings. The third kappa shape index (κ3) is 4.07. The minimum absolute atomic E-state index is 0.131. The quantitative estimate of drug-likeness (QED) is 0.905. The van der Waals surface area contributed by atoms with Gasteiger partial charge in [-0.05, 0) is 43.6 Å². The van der Waals surface area contributed by atoms with Crippen molar-refractivity contribution in [2.45, 2.75) is 52.1 Å². The lowest BCUT2D eigenvalue weighted by molar-refractivity contribution is -0.133. The van der Waals surface area contributed by atoms with Crippen molar-refractivity contribution in [2.75, 3.05) is 6.54 Å². The predicted molar refractivity (Wildman–Crippen MR) is 86.9 cm³/mol. The van der Waals surface area contributed by atoms with E-state index in [1.54, 1.807) is 0 Å². The highest BCUT2D eigenvalue weighted by molar-refractivity contribution is 5.82. The van der Waals surface area contributed by atoms with Gasteiger partial charge in [-0.15, -0.1) is 0 Å². The largest absolute Gasteiger partial charge is 0.338 e. The van der Waals surface area contributed by atoms with Crippen LogP contribution in [0.4, 0.5) is 0 Å². The van der Waals surface area contributed by atoms with Gasteiger partial charge in [-0.1, -0.05) is 44.2 Å². The average Bonchev–Trinajstić information content (AvgIpc) is 2.80. The Kier molecular flexibility index (Phi) is 5.40. The van der Waals surface area contributed by atoms with E-state index in [9.17, 15) is 4.79 Å². The standard InChI is InChI=1S/C18H28N2O/c1-13(2)11-17(19)18(21)20-10-9-16(14(20)3)12-15-7-5-4-6-8-15/h4-8,13-14,16-17H,9-12,19H2,1-3H3/t14?,16?,17-/m0/s1. The fourth-order valence-electron chi connectivity index (χ4n) is 3.33. The van der Waals surface area contributed by atoms with Gasteiger partial charge in [0, 0.05) is 12.6 Å². The van der Waals surface area contributed by atoms with Crippen LogP contribution >= 0.6 is 0 Å². The summed E-state index contributed by atoms with van der Waals surface area (Å²) >= 11 is 0. The zero-order valence-corrected chi connectivity index (χ0v) is 13.5. The van der Waals surface area contributed by atoms with Gasteiger partial charge < -0.3 is 10.6 Å². The van der Waals surface area contributed by atoms with Gasteiger partial charge in [-0.25, -0.2) is 0 Å². The van der Waals surface area contributed by atoms with Crippen molar-refractivity contribution in [1.82, 2.24) is 4.90 Å². The molecule has 1 fully saturated rings. The Morgan fingerprint density at radius 2 is 2.00 bits per heavy atom. The maximum atomic E-state index is 12.5. The molecule has 21 heavy (non-hydrogen) atoms. The number of carbonyl (C=O) groups is 1. The van der Waals surface area contributed by atoms with Gasteiger partial charge in [0.25, 0.3) is 0 Å². The van der Waals surface area contributed by atoms with Crippen molar-refractivity contribution in [3.8, 4) is 0 Å². The lowest BCUT2D eigenvalue weighted by atomic mass is 9.93. The summed E-state index contributed by atoms with van der Waals surface area (Å²) in [6, 6.07) is 10.5. The lowest BCUT2D eigenvalue weighted by Gasteiger charge is -2.28. The third-order valence-electron chi connectivity index (χ3n) is 4.58. The summed E-state index contributed by atoms with van der Waals surface area (Å²) < 4.78 is 0. The molecule has 1 aliphatic heterocycles. The molecule has 1 heterocycles. The smallest absolute Gasteiger partial charge is 0.239 e. The molecule has 3 atom stereocenters. The van der Waals surface area contributed by atoms with Gasteiger partial charge in [0.15, 0.2) is 0 Å². The van der Waals surface area contributed by atoms with Gasteiger partial charge in [0.2, 0.25) is 5.91 Å². The number of hydrogen-bond donors (Lipinski definition) is 1. The Balaban J connectivity index is 1.94. The first kappa shape index (κ1) is 16.0. The molecule has 0 saturated carbocycles. The highest BCUT2D eigenvalue weighted by atomic mass is 16.2. The van der Waals surface area contributed by atoms with Gasteiger partial charge in [-0.3, -0.25) is 4.79 Å². The number of rotatable bonds is 5. The lowest BCUT2D eigenvalue weighted by Crippen LogP contribution is -2.46. The number of benzene rings is 1. The normalized spacial score (nSPS) is 23.6. The van der Waals surface area contributed by atoms with Gasteiger partial charge in [0.1, 0.15) is 0 Å². The Labute approximate surface area is 128 Å². The highest BCUT2D eigenvalue weighted by Crippen LogP contribution is 2.28. The number of carbonyl (C=O) groups excluding carboxylic acids is 1. The summed E-state index contributed by atoms with van der Waals surface area (Å²) in [5.74, 6) is 1.14. The van der Waals surface area contributed by atoms with E-state index >= 15 is 0 Å². The van der Waals surface area contributed by atoms with Crippen LogP contribution in [-0.2, 0) is 11.2 Å². The average molecular weight is 288 g/mol. The highest BCUT2D eigenvalue weighted by Gasteiger charge is 2.35. The maximum absolute atomic E-state index is 12.5. The number of hydrogen-bond acceptors (Lipinski definition) is 2. The molecule has 1 saturated heterocycles. The van der Waals surface area contributed by atoms with Gasteiger partial charge in [0.05, 0.1) is 6.04 Å². The predicted octanol–water partition coefficient (Wildman–Crippen LogP) is 2.84. The van der Waals surface area contributed by atoms with Crippen molar-refractivity contribution in [3.63, 3.8) is 0 Å². The van der Waals surface area contributed by atoms with E-state index in [1.165, 1.54) is 5.56 Å². The summed E-state index contributed by atoms with van der Waals surface area (Å²) in [6.07, 6.45) is 2.90. The molecule has 0 bridgehead atoms. The summed E-state index contributed by atoms with van der Waals surface area (Å²) in [7, 11) is 0. The van der Waals surface area contributed by atoms with Crippen molar-refractivity contribution in [1.29, 1.82) is 0 Å². The SMILES string of the molecule is CC(C)C[C@H](N)C(=O)N1CCC(Cc2ccccc2)C1C. The third-order valence-corrected chi connectivity index (χ3v) is 4.58. The van der Waals surface area contributed by atoms with Gasteiger partial charge >= 0.3 is 0 Å². The molecule has 1 amide bonds. The van der Waals surface area contributed by atoms with Crippen LogP contribution < -0.4 is 5.73 Å². The van der Waals surface area contributed by atoms with Gasteiger partial charge in [-0.2, -0.15) is 0 Å². The first-order valence-corrected chi connectivity index (χ1v) is 8.09. The molecule has 0 spiro atoms. The fourth-order valence-corrected chi connectivity index (χ4v) is 3.33. The second-order valence-corrected chi connectivity index (χ2v) is 6.75. The summed E-state index contributed by atoms with van der Waals surface area (Å²) in [5, 5.41) is 0. The molecule has 116 valence electrons. The van der Waals surface area contributed by atoms with Crippen LogP contribution in [-0.4, -0.2) is 29.4 Å². The Bertz CT molecular complexity index is 458. The van der Waals surface area contributed by atoms with E-state index in [-0.39, 0.29) is 18.0 Å². The molecule has 3 heteroatoms. The maximum Gasteiger partial charge on any atom is 0.239 e. The number of amides is 1. The zero-order valence-electron chi connectivity index (χ0n) is 13.5. The monoisotopic (exact) mass is 288 g/mol. The van der Waals surface area contributed by atoms with Crippen LogP contribution in [0.2, 0.25) is 0 Å². The van der Waals surface area contributed by atoms with Crippen LogP contribution in [0, 0.1) is 11.8 Å². The second-order valence-electron chi connectivity index (χ2n) is 6.75. The molecule has 0 aliphatic carbocycles. The first-order chi connectivity index (χ1) is 9.99. The van der Waals surface area contributed by atoms with Crippen LogP contribution in [0.5, 0.6) is 0 Å². The van der Waals surface area contributed by atoms with E-state index in [2.05, 4.69) is 45.0 Å². The van der Waals surface area contributed by atoms with E-state index < -0.39 is 0 Å². The Morgan fingerprint density at radius 1 is 1.33 bits per heavy atom. The Hall–Kier alpha value is -1.35. The molecule has 0 aromatic heterocycles. The molecular weight excluding hydrogens is 260 g/mol. The molecule has 2 rings (SSSR count). The first-order valence-electron chi connectivity index (χ1n) is 8.09. The van der Waals surface area contributed by atoms with Crippen molar-refractivity contribution in [3.05, 3.63) is 35.9 Å². The molecule has 1 aromatic rings. The summed E-state index contributed by atoms with van der Waals surface area (Å²) in [4.78, 5) is 14.5. The molecular formula is C18H28N2O. The molecule has 0 radical (unpaired) electrons. The topological polar surface area (TPSA) is 46.3 Å². The minimum Gasteiger partial charge on any atom is -0.338 e. The molecule has 1 aromatic carbocycles. The Morgan fingerprint density at radius 3 is 2.62 bits per heavy atom. The molecule has 2 unspecified atom stereocenters. The summed E-state index contributed by atoms with van der Waals surface area (Å²) in [6.45, 7) is 7.24. The van der Waals surface area contributed by atoms with Crippen LogP contribution in [0.15, 0.2) is 30.3 Å². The molecule has 2 N–H and O–H groups in total. The van der Waals surface area contributed by atoms with Crippen LogP contribution in [0.3, 0.4) is 0 Å². The van der Waals surface area contributed by atoms with E-state index in [4.69, 9.17) is 5.73 Å². The van der Waals surface area contributed by atoms with E-state index in [0.29, 0.717) is 11.8 Å². The fraction of sp³-hybridized carbons (Fsp3) is 0.611. The number of nitrogens with zero attached hydrogens (tertiary/aromatic N) is 1. The minimum atomic E-state index is -0.345. The second kappa shape index (κ2) is 7.08. The van der Waals surface area contributed by atoms with Crippen LogP contribution in [0.1, 0.15) is 39.2 Å². The van der Waals surface area contributed by atoms with Crippen molar-refractivity contribution >= 4 is 5.91 Å². The van der Waals surface area contributed by atoms with E-state index in [0.717, 1.165) is 25.8 Å². The number of likely N-dealkylation sites (tertiary alicyclic amines) is 1.